The summed E-state index contributed by atoms with van der Waals surface area (Å²) < 4.78 is 37.8. The molecule has 1 aromatic carbocycles. The van der Waals surface area contributed by atoms with Gasteiger partial charge < -0.3 is 38.1 Å². The molecule has 1 saturated heterocycles. The zero-order valence-electron chi connectivity index (χ0n) is 27.2. The van der Waals surface area contributed by atoms with E-state index >= 15 is 0 Å². The van der Waals surface area contributed by atoms with Gasteiger partial charge >= 0.3 is 30.0 Å². The molecule has 0 aliphatic carbocycles. The summed E-state index contributed by atoms with van der Waals surface area (Å²) in [6, 6.07) is 6.23. The number of hydrogen-bond donors (Lipinski definition) is 0. The molecule has 0 bridgehead atoms. The minimum absolute atomic E-state index is 0.0755. The van der Waals surface area contributed by atoms with Gasteiger partial charge in [0.2, 0.25) is 18.3 Å². The molecule has 2 rings (SSSR count). The van der Waals surface area contributed by atoms with E-state index in [1.54, 1.807) is 37.9 Å². The van der Waals surface area contributed by atoms with Crippen molar-refractivity contribution in [3.05, 3.63) is 29.8 Å². The summed E-state index contributed by atoms with van der Waals surface area (Å²) >= 11 is 1.59. The van der Waals surface area contributed by atoms with Gasteiger partial charge in [0, 0.05) is 46.0 Å². The van der Waals surface area contributed by atoms with Crippen molar-refractivity contribution in [3.8, 4) is 5.75 Å². The van der Waals surface area contributed by atoms with Crippen LogP contribution in [0.4, 0.5) is 4.79 Å². The fraction of sp³-hybridized carbons (Fsp3) is 0.600. The Bertz CT molecular complexity index is 1230. The maximum Gasteiger partial charge on any atom is 0.411 e. The molecule has 0 N–H and O–H groups in total. The Morgan fingerprint density at radius 2 is 1.48 bits per heavy atom. The molecule has 1 fully saturated rings. The van der Waals surface area contributed by atoms with Gasteiger partial charge in [-0.15, -0.1) is 0 Å². The average molecular weight is 671 g/mol. The van der Waals surface area contributed by atoms with Crippen LogP contribution in [-0.2, 0) is 59.0 Å². The van der Waals surface area contributed by atoms with Crippen LogP contribution in [0, 0.1) is 0 Å². The van der Waals surface area contributed by atoms with Crippen LogP contribution in [0.15, 0.2) is 24.3 Å². The number of thioether (sulfide) groups is 1. The van der Waals surface area contributed by atoms with Gasteiger partial charge in [0.1, 0.15) is 12.4 Å². The number of nitrogens with zero attached hydrogens (tertiary/aromatic N) is 2. The summed E-state index contributed by atoms with van der Waals surface area (Å²) in [7, 11) is 2.71. The molecule has 0 saturated carbocycles. The van der Waals surface area contributed by atoms with Crippen molar-refractivity contribution in [2.75, 3.05) is 33.6 Å². The van der Waals surface area contributed by atoms with Crippen LogP contribution < -0.4 is 4.74 Å². The van der Waals surface area contributed by atoms with Gasteiger partial charge in [-0.05, 0) is 30.9 Å². The Kier molecular flexibility index (Phi) is 15.1. The maximum absolute atomic E-state index is 12.7. The topological polar surface area (TPSA) is 174 Å². The van der Waals surface area contributed by atoms with E-state index in [1.165, 1.54) is 21.9 Å². The molecule has 2 amide bonds. The van der Waals surface area contributed by atoms with Crippen LogP contribution in [0.5, 0.6) is 5.75 Å². The average Bonchev–Trinajstić information content (AvgIpc) is 3.00. The Morgan fingerprint density at radius 3 is 2.00 bits per heavy atom. The lowest BCUT2D eigenvalue weighted by molar-refractivity contribution is -0.282. The first-order valence-corrected chi connectivity index (χ1v) is 15.7. The summed E-state index contributed by atoms with van der Waals surface area (Å²) in [5.74, 6) is -3.28. The predicted molar refractivity (Wildman–Crippen MR) is 162 cm³/mol. The smallest absolute Gasteiger partial charge is 0.411 e. The highest BCUT2D eigenvalue weighted by molar-refractivity contribution is 7.99. The molecule has 1 aromatic rings. The first-order valence-electron chi connectivity index (χ1n) is 14.4. The minimum Gasteiger partial charge on any atom is -0.467 e. The van der Waals surface area contributed by atoms with Gasteiger partial charge in [-0.25, -0.2) is 9.59 Å². The van der Waals surface area contributed by atoms with Crippen LogP contribution in [-0.4, -0.2) is 115 Å². The summed E-state index contributed by atoms with van der Waals surface area (Å²) in [4.78, 5) is 76.4. The van der Waals surface area contributed by atoms with E-state index in [4.69, 9.17) is 33.2 Å². The monoisotopic (exact) mass is 670 g/mol. The Labute approximate surface area is 272 Å². The third-order valence-electron chi connectivity index (χ3n) is 6.69. The number of carbonyl (C=O) groups is 6. The van der Waals surface area contributed by atoms with Crippen molar-refractivity contribution >= 4 is 47.6 Å². The number of carbonyl (C=O) groups excluding carboxylic acids is 6. The van der Waals surface area contributed by atoms with E-state index in [9.17, 15) is 28.8 Å². The van der Waals surface area contributed by atoms with Gasteiger partial charge in [-0.2, -0.15) is 11.8 Å². The molecular weight excluding hydrogens is 628 g/mol. The number of methoxy groups -OCH3 is 1. The summed E-state index contributed by atoms with van der Waals surface area (Å²) in [5, 5.41) is 0.156. The SMILES string of the molecule is CCN(CN(C)C(=O)CC(C)SC)C(=O)OCc1ccc(O[C@@H]2O[C@H](C(=O)OC)[C@@H](OC(C)=O)[C@H](OC(C)=O)[C@H]2OC(C)=O)cc1. The number of benzene rings is 1. The summed E-state index contributed by atoms with van der Waals surface area (Å²) in [5.41, 5.74) is 0.594. The highest BCUT2D eigenvalue weighted by atomic mass is 32.2. The largest absolute Gasteiger partial charge is 0.467 e. The van der Waals surface area contributed by atoms with Crippen molar-refractivity contribution in [2.24, 2.45) is 0 Å². The van der Waals surface area contributed by atoms with Gasteiger partial charge in [0.05, 0.1) is 13.8 Å². The predicted octanol–water partition coefficient (Wildman–Crippen LogP) is 2.27. The number of amides is 2. The lowest BCUT2D eigenvalue weighted by atomic mass is 9.97. The Balaban J connectivity index is 2.17. The third-order valence-corrected chi connectivity index (χ3v) is 7.66. The highest BCUT2D eigenvalue weighted by Gasteiger charge is 2.55. The van der Waals surface area contributed by atoms with Crippen LogP contribution in [0.25, 0.3) is 0 Å². The first-order chi connectivity index (χ1) is 21.7. The van der Waals surface area contributed by atoms with E-state index < -0.39 is 60.7 Å². The van der Waals surface area contributed by atoms with Crippen LogP contribution in [0.2, 0.25) is 0 Å². The number of esters is 4. The van der Waals surface area contributed by atoms with Crippen molar-refractivity contribution in [2.45, 2.75) is 83.6 Å². The second kappa shape index (κ2) is 18.2. The standard InChI is InChI=1S/C30H42N2O13S/c1-9-32(16-31(6)23(36)14-17(2)46-8)30(38)40-15-21-10-12-22(13-11-21)44-29-27(43-20(5)35)25(42-19(4)34)24(41-18(3)33)26(45-29)28(37)39-7/h10-13,17,24-27,29H,9,14-16H2,1-8H3/t17?,24-,25-,26-,27+,29+/m0/s1. The van der Waals surface area contributed by atoms with Gasteiger partial charge in [0.25, 0.3) is 0 Å². The van der Waals surface area contributed by atoms with Crippen LogP contribution in [0.1, 0.15) is 46.6 Å². The molecule has 46 heavy (non-hydrogen) atoms. The van der Waals surface area contributed by atoms with Crippen LogP contribution >= 0.6 is 11.8 Å². The van der Waals surface area contributed by atoms with E-state index in [0.29, 0.717) is 18.5 Å². The highest BCUT2D eigenvalue weighted by Crippen LogP contribution is 2.31. The number of rotatable bonds is 14. The molecule has 1 aliphatic heterocycles. The summed E-state index contributed by atoms with van der Waals surface area (Å²) in [6.45, 7) is 7.32. The lowest BCUT2D eigenvalue weighted by Gasteiger charge is -2.43. The zero-order valence-corrected chi connectivity index (χ0v) is 28.0. The molecule has 16 heteroatoms. The molecule has 1 aliphatic rings. The van der Waals surface area contributed by atoms with Crippen molar-refractivity contribution in [1.29, 1.82) is 0 Å². The van der Waals surface area contributed by atoms with E-state index in [0.717, 1.165) is 27.9 Å². The van der Waals surface area contributed by atoms with E-state index in [-0.39, 0.29) is 30.2 Å². The normalized spacial score (nSPS) is 21.2. The molecule has 256 valence electrons. The third kappa shape index (κ3) is 11.4. The molecular formula is C30H42N2O13S. The molecule has 0 spiro atoms. The molecule has 1 heterocycles. The fourth-order valence-electron chi connectivity index (χ4n) is 4.32. The maximum atomic E-state index is 12.7. The zero-order chi connectivity index (χ0) is 34.6. The minimum atomic E-state index is -1.60. The van der Waals surface area contributed by atoms with Gasteiger partial charge in [-0.1, -0.05) is 19.1 Å². The van der Waals surface area contributed by atoms with Gasteiger partial charge in [-0.3, -0.25) is 24.1 Å². The second-order valence-electron chi connectivity index (χ2n) is 10.3. The van der Waals surface area contributed by atoms with Gasteiger partial charge in [0.15, 0.2) is 18.3 Å². The molecule has 6 atom stereocenters. The van der Waals surface area contributed by atoms with Crippen molar-refractivity contribution in [3.63, 3.8) is 0 Å². The van der Waals surface area contributed by atoms with E-state index in [2.05, 4.69) is 0 Å². The lowest BCUT2D eigenvalue weighted by Crippen LogP contribution is -2.64. The second-order valence-corrected chi connectivity index (χ2v) is 11.6. The molecule has 1 unspecified atom stereocenters. The van der Waals surface area contributed by atoms with E-state index in [1.807, 2.05) is 13.2 Å². The quantitative estimate of drug-likeness (QED) is 0.160. The van der Waals surface area contributed by atoms with Crippen molar-refractivity contribution < 1.29 is 61.9 Å². The van der Waals surface area contributed by atoms with Crippen molar-refractivity contribution in [1.82, 2.24) is 9.80 Å². The fourth-order valence-corrected chi connectivity index (χ4v) is 4.63. The Morgan fingerprint density at radius 1 is 0.913 bits per heavy atom. The Hall–Kier alpha value is -4.05. The molecule has 0 aromatic heterocycles. The van der Waals surface area contributed by atoms with Crippen LogP contribution in [0.3, 0.4) is 0 Å². The first kappa shape index (κ1) is 38.1. The molecule has 15 nitrogen and oxygen atoms in total. The summed E-state index contributed by atoms with van der Waals surface area (Å²) in [6.07, 6.45) is -5.89. The molecule has 0 radical (unpaired) electrons. The number of ether oxygens (including phenoxy) is 7. The number of hydrogen-bond acceptors (Lipinski definition) is 14.